The Morgan fingerprint density at radius 1 is 1.08 bits per heavy atom. The number of carbonyl (C=O) groups excluding carboxylic acids is 3. The summed E-state index contributed by atoms with van der Waals surface area (Å²) in [7, 11) is 0. The van der Waals surface area contributed by atoms with Crippen LogP contribution in [-0.2, 0) is 9.59 Å². The number of ketones is 1. The minimum atomic E-state index is -1.68. The van der Waals surface area contributed by atoms with Crippen LogP contribution >= 0.6 is 0 Å². The Kier molecular flexibility index (Phi) is 6.17. The Labute approximate surface area is 143 Å². The molecule has 1 heterocycles. The first-order chi connectivity index (χ1) is 11.8. The number of hydrogen-bond donors (Lipinski definition) is 1. The van der Waals surface area contributed by atoms with Crippen LogP contribution < -0.4 is 5.32 Å². The van der Waals surface area contributed by atoms with E-state index in [1.54, 1.807) is 4.90 Å². The van der Waals surface area contributed by atoms with E-state index in [0.29, 0.717) is 32.0 Å². The van der Waals surface area contributed by atoms with Crippen LogP contribution in [0.3, 0.4) is 0 Å². The zero-order valence-corrected chi connectivity index (χ0v) is 13.8. The fourth-order valence-electron chi connectivity index (χ4n) is 2.68. The number of piperidine rings is 1. The molecule has 1 aromatic rings. The van der Waals surface area contributed by atoms with E-state index in [9.17, 15) is 27.6 Å². The Hall–Kier alpha value is -2.38. The summed E-state index contributed by atoms with van der Waals surface area (Å²) < 4.78 is 39.7. The molecule has 0 atom stereocenters. The molecule has 1 aromatic carbocycles. The van der Waals surface area contributed by atoms with Gasteiger partial charge in [0.05, 0.1) is 5.56 Å². The summed E-state index contributed by atoms with van der Waals surface area (Å²) in [6.45, 7) is 2.23. The molecule has 25 heavy (non-hydrogen) atoms. The van der Waals surface area contributed by atoms with Crippen LogP contribution in [-0.4, -0.2) is 41.6 Å². The highest BCUT2D eigenvalue weighted by Gasteiger charge is 2.26. The maximum absolute atomic E-state index is 13.6. The van der Waals surface area contributed by atoms with Crippen LogP contribution in [0.4, 0.5) is 13.2 Å². The highest BCUT2D eigenvalue weighted by molar-refractivity contribution is 5.94. The minimum Gasteiger partial charge on any atom is -0.349 e. The van der Waals surface area contributed by atoms with Gasteiger partial charge >= 0.3 is 0 Å². The Morgan fingerprint density at radius 3 is 2.32 bits per heavy atom. The van der Waals surface area contributed by atoms with Gasteiger partial charge in [0.1, 0.15) is 5.78 Å². The van der Waals surface area contributed by atoms with Gasteiger partial charge in [-0.1, -0.05) is 0 Å². The second-order valence-electron chi connectivity index (χ2n) is 6.05. The zero-order valence-electron chi connectivity index (χ0n) is 13.8. The fourth-order valence-corrected chi connectivity index (χ4v) is 2.68. The van der Waals surface area contributed by atoms with Crippen LogP contribution in [0.5, 0.6) is 0 Å². The van der Waals surface area contributed by atoms with Crippen LogP contribution in [0, 0.1) is 17.5 Å². The Bertz CT molecular complexity index is 686. The van der Waals surface area contributed by atoms with E-state index in [4.69, 9.17) is 0 Å². The average Bonchev–Trinajstić information content (AvgIpc) is 2.58. The van der Waals surface area contributed by atoms with Crippen molar-refractivity contribution < 1.29 is 27.6 Å². The third-order valence-corrected chi connectivity index (χ3v) is 4.15. The van der Waals surface area contributed by atoms with Crippen molar-refractivity contribution in [2.24, 2.45) is 0 Å². The zero-order chi connectivity index (χ0) is 18.6. The lowest BCUT2D eigenvalue weighted by molar-refractivity contribution is -0.133. The maximum Gasteiger partial charge on any atom is 0.254 e. The van der Waals surface area contributed by atoms with Crippen molar-refractivity contribution >= 4 is 17.6 Å². The summed E-state index contributed by atoms with van der Waals surface area (Å²) in [6.07, 6.45) is 1.28. The van der Waals surface area contributed by atoms with Gasteiger partial charge in [-0.05, 0) is 31.9 Å². The monoisotopic (exact) mass is 356 g/mol. The third-order valence-electron chi connectivity index (χ3n) is 4.15. The molecule has 0 aliphatic carbocycles. The SMILES string of the molecule is CC(=O)CCC(=O)N1CCC(NC(=O)c2ccc(F)c(F)c2F)CC1. The lowest BCUT2D eigenvalue weighted by atomic mass is 10.0. The van der Waals surface area contributed by atoms with Crippen molar-refractivity contribution in [3.8, 4) is 0 Å². The molecule has 0 aromatic heterocycles. The van der Waals surface area contributed by atoms with E-state index < -0.39 is 28.9 Å². The first-order valence-corrected chi connectivity index (χ1v) is 8.01. The van der Waals surface area contributed by atoms with Crippen molar-refractivity contribution in [2.75, 3.05) is 13.1 Å². The molecule has 0 unspecified atom stereocenters. The molecule has 136 valence electrons. The molecule has 1 aliphatic heterocycles. The quantitative estimate of drug-likeness (QED) is 0.823. The number of hydrogen-bond acceptors (Lipinski definition) is 3. The summed E-state index contributed by atoms with van der Waals surface area (Å²) in [6, 6.07) is 1.30. The molecule has 2 amide bonds. The van der Waals surface area contributed by atoms with Gasteiger partial charge in [-0.15, -0.1) is 0 Å². The maximum atomic E-state index is 13.6. The van der Waals surface area contributed by atoms with Gasteiger partial charge in [0.2, 0.25) is 5.91 Å². The van der Waals surface area contributed by atoms with E-state index in [1.807, 2.05) is 0 Å². The molecular formula is C17H19F3N2O3. The van der Waals surface area contributed by atoms with Gasteiger partial charge in [0.25, 0.3) is 5.91 Å². The van der Waals surface area contributed by atoms with Crippen molar-refractivity contribution in [1.29, 1.82) is 0 Å². The summed E-state index contributed by atoms with van der Waals surface area (Å²) in [5, 5.41) is 2.57. The topological polar surface area (TPSA) is 66.5 Å². The van der Waals surface area contributed by atoms with Crippen molar-refractivity contribution in [1.82, 2.24) is 10.2 Å². The summed E-state index contributed by atoms with van der Waals surface area (Å²) in [5.41, 5.74) is -0.557. The smallest absolute Gasteiger partial charge is 0.254 e. The Balaban J connectivity index is 1.88. The number of benzene rings is 1. The van der Waals surface area contributed by atoms with Gasteiger partial charge in [0.15, 0.2) is 17.5 Å². The number of amides is 2. The number of rotatable bonds is 5. The highest BCUT2D eigenvalue weighted by atomic mass is 19.2. The molecule has 1 aliphatic rings. The van der Waals surface area contributed by atoms with Gasteiger partial charge in [-0.2, -0.15) is 0 Å². The van der Waals surface area contributed by atoms with Crippen LogP contribution in [0.2, 0.25) is 0 Å². The molecule has 1 saturated heterocycles. The van der Waals surface area contributed by atoms with Crippen molar-refractivity contribution in [3.63, 3.8) is 0 Å². The highest BCUT2D eigenvalue weighted by Crippen LogP contribution is 2.17. The standard InChI is InChI=1S/C17H19F3N2O3/c1-10(23)2-5-14(24)22-8-6-11(7-9-22)21-17(25)12-3-4-13(18)16(20)15(12)19/h3-4,11H,2,5-9H2,1H3,(H,21,25). The lowest BCUT2D eigenvalue weighted by Gasteiger charge is -2.32. The molecule has 0 spiro atoms. The molecule has 0 radical (unpaired) electrons. The second-order valence-corrected chi connectivity index (χ2v) is 6.05. The average molecular weight is 356 g/mol. The molecule has 2 rings (SSSR count). The molecule has 0 bridgehead atoms. The number of likely N-dealkylation sites (tertiary alicyclic amines) is 1. The van der Waals surface area contributed by atoms with Crippen molar-refractivity contribution in [2.45, 2.75) is 38.6 Å². The first-order valence-electron chi connectivity index (χ1n) is 8.01. The molecule has 0 saturated carbocycles. The van der Waals surface area contributed by atoms with E-state index in [0.717, 1.165) is 6.07 Å². The normalized spacial score (nSPS) is 15.1. The minimum absolute atomic E-state index is 0.0518. The van der Waals surface area contributed by atoms with Gasteiger partial charge in [-0.3, -0.25) is 9.59 Å². The van der Waals surface area contributed by atoms with E-state index in [1.165, 1.54) is 6.92 Å². The lowest BCUT2D eigenvalue weighted by Crippen LogP contribution is -2.46. The van der Waals surface area contributed by atoms with Gasteiger partial charge < -0.3 is 15.0 Å². The Morgan fingerprint density at radius 2 is 1.72 bits per heavy atom. The first kappa shape index (κ1) is 19.0. The molecule has 8 heteroatoms. The molecular weight excluding hydrogens is 337 g/mol. The number of carbonyl (C=O) groups is 3. The number of Topliss-reactive ketones (excluding diaryl/α,β-unsaturated/α-hetero) is 1. The fraction of sp³-hybridized carbons (Fsp3) is 0.471. The van der Waals surface area contributed by atoms with Crippen LogP contribution in [0.15, 0.2) is 12.1 Å². The molecule has 1 N–H and O–H groups in total. The second kappa shape index (κ2) is 8.13. The predicted molar refractivity (Wildman–Crippen MR) is 83.3 cm³/mol. The summed E-state index contributed by atoms with van der Waals surface area (Å²) >= 11 is 0. The van der Waals surface area contributed by atoms with Crippen LogP contribution in [0.1, 0.15) is 43.0 Å². The summed E-state index contributed by atoms with van der Waals surface area (Å²) in [5.74, 6) is -5.55. The van der Waals surface area contributed by atoms with Crippen LogP contribution in [0.25, 0.3) is 0 Å². The number of nitrogens with zero attached hydrogens (tertiary/aromatic N) is 1. The number of halogens is 3. The number of nitrogens with one attached hydrogen (secondary N) is 1. The van der Waals surface area contributed by atoms with E-state index in [-0.39, 0.29) is 30.6 Å². The van der Waals surface area contributed by atoms with Crippen molar-refractivity contribution in [3.05, 3.63) is 35.1 Å². The van der Waals surface area contributed by atoms with E-state index in [2.05, 4.69) is 5.32 Å². The van der Waals surface area contributed by atoms with Gasteiger partial charge in [0, 0.05) is 32.0 Å². The third kappa shape index (κ3) is 4.80. The largest absolute Gasteiger partial charge is 0.349 e. The molecule has 1 fully saturated rings. The summed E-state index contributed by atoms with van der Waals surface area (Å²) in [4.78, 5) is 36.5. The van der Waals surface area contributed by atoms with E-state index >= 15 is 0 Å². The predicted octanol–water partition coefficient (Wildman–Crippen LogP) is 2.19. The van der Waals surface area contributed by atoms with Gasteiger partial charge in [-0.25, -0.2) is 13.2 Å². The molecule has 5 nitrogen and oxygen atoms in total.